The average Bonchev–Trinajstić information content (AvgIpc) is 2.95. The Morgan fingerprint density at radius 3 is 2.90 bits per heavy atom. The van der Waals surface area contributed by atoms with Crippen molar-refractivity contribution < 1.29 is 13.9 Å². The highest BCUT2D eigenvalue weighted by Crippen LogP contribution is 2.32. The first-order valence-corrected chi connectivity index (χ1v) is 7.10. The maximum Gasteiger partial charge on any atom is 0.196 e. The fraction of sp³-hybridized carbons (Fsp3) is 0.400. The van der Waals surface area contributed by atoms with Crippen LogP contribution in [-0.2, 0) is 11.2 Å². The van der Waals surface area contributed by atoms with Crippen LogP contribution in [0, 0.1) is 0 Å². The fourth-order valence-electron chi connectivity index (χ4n) is 1.91. The van der Waals surface area contributed by atoms with E-state index in [0.717, 1.165) is 25.1 Å². The molecule has 0 amide bonds. The molecule has 2 aromatic rings. The Labute approximate surface area is 129 Å². The van der Waals surface area contributed by atoms with E-state index in [0.29, 0.717) is 29.0 Å². The third-order valence-corrected chi connectivity index (χ3v) is 3.22. The number of ether oxygens (including phenoxy) is 2. The van der Waals surface area contributed by atoms with Gasteiger partial charge in [0.05, 0.1) is 25.5 Å². The number of hydrogen-bond acceptors (Lipinski definition) is 5. The van der Waals surface area contributed by atoms with Gasteiger partial charge in [0.25, 0.3) is 0 Å². The van der Waals surface area contributed by atoms with Crippen LogP contribution in [0.1, 0.15) is 5.89 Å². The van der Waals surface area contributed by atoms with Crippen molar-refractivity contribution in [2.45, 2.75) is 6.42 Å². The number of nitrogens with zero attached hydrogens (tertiary/aromatic N) is 1. The van der Waals surface area contributed by atoms with Gasteiger partial charge in [-0.05, 0) is 18.2 Å². The first-order valence-electron chi connectivity index (χ1n) is 6.73. The smallest absolute Gasteiger partial charge is 0.196 e. The normalized spacial score (nSPS) is 10.8. The van der Waals surface area contributed by atoms with Crippen LogP contribution in [0.25, 0.3) is 11.3 Å². The van der Waals surface area contributed by atoms with E-state index in [9.17, 15) is 0 Å². The monoisotopic (exact) mass is 310 g/mol. The lowest BCUT2D eigenvalue weighted by atomic mass is 10.1. The summed E-state index contributed by atoms with van der Waals surface area (Å²) in [7, 11) is 3.29. The SMILES string of the molecule is COCCNCCc1ncc(-c2ccc(Cl)cc2OC)o1. The average molecular weight is 311 g/mol. The Hall–Kier alpha value is -1.56. The molecule has 1 aromatic carbocycles. The van der Waals surface area contributed by atoms with Gasteiger partial charge in [-0.3, -0.25) is 0 Å². The minimum Gasteiger partial charge on any atom is -0.496 e. The van der Waals surface area contributed by atoms with Gasteiger partial charge >= 0.3 is 0 Å². The van der Waals surface area contributed by atoms with Crippen molar-refractivity contribution in [3.63, 3.8) is 0 Å². The van der Waals surface area contributed by atoms with Crippen LogP contribution < -0.4 is 10.1 Å². The molecule has 114 valence electrons. The molecule has 21 heavy (non-hydrogen) atoms. The predicted octanol–water partition coefficient (Wildman–Crippen LogP) is 2.78. The molecule has 1 heterocycles. The molecule has 1 aromatic heterocycles. The second-order valence-electron chi connectivity index (χ2n) is 4.46. The Balaban J connectivity index is 1.99. The van der Waals surface area contributed by atoms with Gasteiger partial charge < -0.3 is 19.2 Å². The highest BCUT2D eigenvalue weighted by molar-refractivity contribution is 6.30. The van der Waals surface area contributed by atoms with Crippen LogP contribution in [0.15, 0.2) is 28.8 Å². The summed E-state index contributed by atoms with van der Waals surface area (Å²) in [5.41, 5.74) is 0.841. The first kappa shape index (κ1) is 15.8. The Bertz CT molecular complexity index is 572. The number of aromatic nitrogens is 1. The van der Waals surface area contributed by atoms with E-state index < -0.39 is 0 Å². The number of nitrogens with one attached hydrogen (secondary N) is 1. The van der Waals surface area contributed by atoms with Crippen LogP contribution in [0.5, 0.6) is 5.75 Å². The third-order valence-electron chi connectivity index (χ3n) is 2.98. The predicted molar refractivity (Wildman–Crippen MR) is 82.0 cm³/mol. The van der Waals surface area contributed by atoms with E-state index in [2.05, 4.69) is 10.3 Å². The van der Waals surface area contributed by atoms with E-state index in [1.54, 1.807) is 32.5 Å². The number of benzene rings is 1. The fourth-order valence-corrected chi connectivity index (χ4v) is 2.08. The van der Waals surface area contributed by atoms with Gasteiger partial charge in [0.15, 0.2) is 11.7 Å². The lowest BCUT2D eigenvalue weighted by Crippen LogP contribution is -2.21. The van der Waals surface area contributed by atoms with Crippen LogP contribution >= 0.6 is 11.6 Å². The highest BCUT2D eigenvalue weighted by atomic mass is 35.5. The van der Waals surface area contributed by atoms with Gasteiger partial charge in [0.2, 0.25) is 0 Å². The number of rotatable bonds is 8. The lowest BCUT2D eigenvalue weighted by molar-refractivity contribution is 0.199. The second kappa shape index (κ2) is 8.02. The van der Waals surface area contributed by atoms with E-state index in [1.807, 2.05) is 6.07 Å². The molecule has 0 bridgehead atoms. The number of oxazole rings is 1. The summed E-state index contributed by atoms with van der Waals surface area (Å²) in [5.74, 6) is 2.03. The quantitative estimate of drug-likeness (QED) is 0.760. The molecule has 6 heteroatoms. The molecule has 0 aliphatic heterocycles. The van der Waals surface area contributed by atoms with Crippen molar-refractivity contribution in [3.05, 3.63) is 35.3 Å². The Morgan fingerprint density at radius 2 is 2.14 bits per heavy atom. The molecule has 0 saturated carbocycles. The van der Waals surface area contributed by atoms with Crippen molar-refractivity contribution in [1.82, 2.24) is 10.3 Å². The molecule has 0 unspecified atom stereocenters. The largest absolute Gasteiger partial charge is 0.496 e. The van der Waals surface area contributed by atoms with Gasteiger partial charge in [-0.1, -0.05) is 11.6 Å². The van der Waals surface area contributed by atoms with Crippen molar-refractivity contribution >= 4 is 11.6 Å². The van der Waals surface area contributed by atoms with Crippen LogP contribution in [0.3, 0.4) is 0 Å². The Morgan fingerprint density at radius 1 is 1.29 bits per heavy atom. The highest BCUT2D eigenvalue weighted by Gasteiger charge is 2.11. The first-order chi connectivity index (χ1) is 10.2. The van der Waals surface area contributed by atoms with Gasteiger partial charge in [-0.25, -0.2) is 4.98 Å². The van der Waals surface area contributed by atoms with E-state index >= 15 is 0 Å². The van der Waals surface area contributed by atoms with Crippen molar-refractivity contribution in [2.75, 3.05) is 33.9 Å². The van der Waals surface area contributed by atoms with E-state index in [-0.39, 0.29) is 0 Å². The summed E-state index contributed by atoms with van der Waals surface area (Å²) >= 11 is 5.95. The zero-order chi connectivity index (χ0) is 15.1. The molecule has 5 nitrogen and oxygen atoms in total. The summed E-state index contributed by atoms with van der Waals surface area (Å²) in [6, 6.07) is 5.42. The molecule has 0 fully saturated rings. The topological polar surface area (TPSA) is 56.5 Å². The molecule has 1 N–H and O–H groups in total. The molecule has 0 spiro atoms. The minimum absolute atomic E-state index is 0.623. The number of halogens is 1. The van der Waals surface area contributed by atoms with Gasteiger partial charge in [-0.2, -0.15) is 0 Å². The summed E-state index contributed by atoms with van der Waals surface area (Å²) in [4.78, 5) is 4.28. The summed E-state index contributed by atoms with van der Waals surface area (Å²) in [6.07, 6.45) is 2.43. The zero-order valence-corrected chi connectivity index (χ0v) is 12.9. The van der Waals surface area contributed by atoms with E-state index in [1.165, 1.54) is 0 Å². The standard InChI is InChI=1S/C15H19ClN2O3/c1-19-8-7-17-6-5-15-18-10-14(21-15)12-4-3-11(16)9-13(12)20-2/h3-4,9-10,17H,5-8H2,1-2H3. The third kappa shape index (κ3) is 4.46. The lowest BCUT2D eigenvalue weighted by Gasteiger charge is -2.06. The van der Waals surface area contributed by atoms with Gasteiger partial charge in [0.1, 0.15) is 5.75 Å². The van der Waals surface area contributed by atoms with Gasteiger partial charge in [-0.15, -0.1) is 0 Å². The van der Waals surface area contributed by atoms with E-state index in [4.69, 9.17) is 25.5 Å². The van der Waals surface area contributed by atoms with Crippen molar-refractivity contribution in [3.8, 4) is 17.1 Å². The van der Waals surface area contributed by atoms with Crippen LogP contribution in [-0.4, -0.2) is 38.9 Å². The molecule has 0 atom stereocenters. The molecule has 2 rings (SSSR count). The molecule has 0 aliphatic carbocycles. The maximum absolute atomic E-state index is 5.95. The molecule has 0 aliphatic rings. The molecular weight excluding hydrogens is 292 g/mol. The molecular formula is C15H19ClN2O3. The molecule has 0 saturated heterocycles. The van der Waals surface area contributed by atoms with Crippen LogP contribution in [0.4, 0.5) is 0 Å². The molecule has 0 radical (unpaired) electrons. The Kier molecular flexibility index (Phi) is 6.04. The summed E-state index contributed by atoms with van der Waals surface area (Å²) < 4.78 is 16.0. The minimum atomic E-state index is 0.623. The zero-order valence-electron chi connectivity index (χ0n) is 12.2. The summed E-state index contributed by atoms with van der Waals surface area (Å²) in [6.45, 7) is 2.30. The van der Waals surface area contributed by atoms with Crippen LogP contribution in [0.2, 0.25) is 5.02 Å². The number of hydrogen-bond donors (Lipinski definition) is 1. The number of methoxy groups -OCH3 is 2. The summed E-state index contributed by atoms with van der Waals surface area (Å²) in [5, 5.41) is 3.87. The second-order valence-corrected chi connectivity index (χ2v) is 4.89. The van der Waals surface area contributed by atoms with Crippen molar-refractivity contribution in [1.29, 1.82) is 0 Å². The maximum atomic E-state index is 5.95. The van der Waals surface area contributed by atoms with Crippen molar-refractivity contribution in [2.24, 2.45) is 0 Å². The van der Waals surface area contributed by atoms with Gasteiger partial charge in [0, 0.05) is 31.6 Å².